The molecule has 0 saturated heterocycles. The van der Waals surface area contributed by atoms with E-state index in [0.717, 1.165) is 0 Å². The average molecular weight is 249 g/mol. The lowest BCUT2D eigenvalue weighted by molar-refractivity contribution is -0.136. The van der Waals surface area contributed by atoms with Crippen molar-refractivity contribution in [3.8, 4) is 0 Å². The number of aliphatic carboxylic acids is 1. The molecule has 5 heteroatoms. The van der Waals surface area contributed by atoms with Gasteiger partial charge >= 0.3 is 5.97 Å². The fourth-order valence-electron chi connectivity index (χ4n) is 1.93. The smallest absolute Gasteiger partial charge is 0.303 e. The first-order valence-corrected chi connectivity index (χ1v) is 5.48. The summed E-state index contributed by atoms with van der Waals surface area (Å²) in [5.74, 6) is -1.61. The molecule has 0 amide bonds. The maximum Gasteiger partial charge on any atom is 0.303 e. The molecule has 0 aliphatic heterocycles. The zero-order valence-corrected chi connectivity index (χ0v) is 9.81. The Morgan fingerprint density at radius 3 is 2.72 bits per heavy atom. The second-order valence-corrected chi connectivity index (χ2v) is 4.13. The minimum absolute atomic E-state index is 0.0498. The molecule has 94 valence electrons. The first kappa shape index (κ1) is 12.3. The van der Waals surface area contributed by atoms with Crippen LogP contribution in [0.2, 0.25) is 0 Å². The lowest BCUT2D eigenvalue weighted by Crippen LogP contribution is -2.03. The zero-order valence-electron chi connectivity index (χ0n) is 9.81. The lowest BCUT2D eigenvalue weighted by atomic mass is 10.1. The van der Waals surface area contributed by atoms with Gasteiger partial charge < -0.3 is 9.67 Å². The highest BCUT2D eigenvalue weighted by Gasteiger charge is 2.15. The van der Waals surface area contributed by atoms with Crippen LogP contribution in [-0.2, 0) is 11.8 Å². The van der Waals surface area contributed by atoms with E-state index >= 15 is 0 Å². The molecule has 1 N–H and O–H groups in total. The molecule has 0 spiro atoms. The van der Waals surface area contributed by atoms with Crippen LogP contribution in [0.15, 0.2) is 24.4 Å². The van der Waals surface area contributed by atoms with E-state index in [1.165, 1.54) is 12.1 Å². The Morgan fingerprint density at radius 1 is 1.33 bits per heavy atom. The molecular weight excluding hydrogens is 237 g/mol. The van der Waals surface area contributed by atoms with Gasteiger partial charge in [0.2, 0.25) is 0 Å². The summed E-state index contributed by atoms with van der Waals surface area (Å²) in [6.45, 7) is 0. The van der Waals surface area contributed by atoms with Crippen molar-refractivity contribution in [2.75, 3.05) is 0 Å². The molecule has 4 nitrogen and oxygen atoms in total. The summed E-state index contributed by atoms with van der Waals surface area (Å²) < 4.78 is 14.8. The topological polar surface area (TPSA) is 59.3 Å². The summed E-state index contributed by atoms with van der Waals surface area (Å²) in [6.07, 6.45) is 1.36. The van der Waals surface area contributed by atoms with Crippen molar-refractivity contribution in [2.24, 2.45) is 7.05 Å². The van der Waals surface area contributed by atoms with E-state index in [0.29, 0.717) is 16.5 Å². The molecule has 0 aliphatic rings. The highest BCUT2D eigenvalue weighted by Crippen LogP contribution is 2.23. The van der Waals surface area contributed by atoms with Crippen LogP contribution in [-0.4, -0.2) is 21.4 Å². The monoisotopic (exact) mass is 249 g/mol. The van der Waals surface area contributed by atoms with Gasteiger partial charge in [0.25, 0.3) is 0 Å². The summed E-state index contributed by atoms with van der Waals surface area (Å²) in [5.41, 5.74) is 1.06. The third kappa shape index (κ3) is 2.25. The van der Waals surface area contributed by atoms with Crippen LogP contribution in [0, 0.1) is 5.82 Å². The maximum absolute atomic E-state index is 13.1. The number of carbonyl (C=O) groups is 2. The zero-order chi connectivity index (χ0) is 13.3. The van der Waals surface area contributed by atoms with E-state index in [-0.39, 0.29) is 24.4 Å². The normalized spacial score (nSPS) is 10.8. The minimum atomic E-state index is -1.00. The number of nitrogens with zero attached hydrogens (tertiary/aromatic N) is 1. The maximum atomic E-state index is 13.1. The summed E-state index contributed by atoms with van der Waals surface area (Å²) in [6, 6.07) is 4.18. The number of fused-ring (bicyclic) bond motifs is 1. The number of carbonyl (C=O) groups excluding carboxylic acids is 1. The third-order valence-corrected chi connectivity index (χ3v) is 2.82. The van der Waals surface area contributed by atoms with Crippen LogP contribution >= 0.6 is 0 Å². The van der Waals surface area contributed by atoms with Gasteiger partial charge in [0, 0.05) is 30.6 Å². The molecular formula is C13H12FNO3. The molecule has 0 fully saturated rings. The molecule has 0 aliphatic carbocycles. The number of benzene rings is 1. The molecule has 0 saturated carbocycles. The number of hydrogen-bond acceptors (Lipinski definition) is 2. The Hall–Kier alpha value is -2.17. The van der Waals surface area contributed by atoms with E-state index in [4.69, 9.17) is 5.11 Å². The van der Waals surface area contributed by atoms with Crippen molar-refractivity contribution in [2.45, 2.75) is 12.8 Å². The van der Waals surface area contributed by atoms with Gasteiger partial charge in [-0.15, -0.1) is 0 Å². The van der Waals surface area contributed by atoms with Crippen molar-refractivity contribution in [3.05, 3.63) is 35.8 Å². The molecule has 1 aromatic heterocycles. The summed E-state index contributed by atoms with van der Waals surface area (Å²) in [7, 11) is 1.72. The van der Waals surface area contributed by atoms with Gasteiger partial charge in [0.1, 0.15) is 5.82 Å². The average Bonchev–Trinajstić information content (AvgIpc) is 2.63. The number of halogens is 1. The summed E-state index contributed by atoms with van der Waals surface area (Å²) in [5, 5.41) is 9.20. The number of rotatable bonds is 4. The van der Waals surface area contributed by atoms with Gasteiger partial charge in [-0.2, -0.15) is 0 Å². The van der Waals surface area contributed by atoms with Crippen LogP contribution < -0.4 is 0 Å². The highest BCUT2D eigenvalue weighted by atomic mass is 19.1. The summed E-state index contributed by atoms with van der Waals surface area (Å²) in [4.78, 5) is 22.3. The number of aryl methyl sites for hydroxylation is 1. The van der Waals surface area contributed by atoms with Crippen molar-refractivity contribution in [3.63, 3.8) is 0 Å². The SMILES string of the molecule is Cn1cc(C(=O)CCC(=O)O)c2ccc(F)cc21. The second kappa shape index (κ2) is 4.60. The van der Waals surface area contributed by atoms with Gasteiger partial charge in [-0.25, -0.2) is 4.39 Å². The molecule has 1 heterocycles. The number of carboxylic acid groups (broad SMARTS) is 1. The van der Waals surface area contributed by atoms with Gasteiger partial charge in [-0.05, 0) is 18.2 Å². The number of carboxylic acids is 1. The first-order chi connectivity index (χ1) is 8.49. The number of ketones is 1. The molecule has 0 atom stereocenters. The van der Waals surface area contributed by atoms with Gasteiger partial charge in [0.05, 0.1) is 11.9 Å². The lowest BCUT2D eigenvalue weighted by Gasteiger charge is -1.97. The molecule has 2 aromatic rings. The molecule has 18 heavy (non-hydrogen) atoms. The third-order valence-electron chi connectivity index (χ3n) is 2.82. The van der Waals surface area contributed by atoms with Crippen LogP contribution in [0.4, 0.5) is 4.39 Å². The second-order valence-electron chi connectivity index (χ2n) is 4.13. The van der Waals surface area contributed by atoms with Crippen molar-refractivity contribution in [1.29, 1.82) is 0 Å². The van der Waals surface area contributed by atoms with Crippen LogP contribution in [0.25, 0.3) is 10.9 Å². The predicted molar refractivity (Wildman–Crippen MR) is 64.1 cm³/mol. The standard InChI is InChI=1S/C13H12FNO3/c1-15-7-10(12(16)4-5-13(17)18)9-3-2-8(14)6-11(9)15/h2-3,6-7H,4-5H2,1H3,(H,17,18). The van der Waals surface area contributed by atoms with Gasteiger partial charge in [0.15, 0.2) is 5.78 Å². The Labute approximate surface area is 103 Å². The van der Waals surface area contributed by atoms with Crippen LogP contribution in [0.5, 0.6) is 0 Å². The number of Topliss-reactive ketones (excluding diaryl/α,β-unsaturated/α-hetero) is 1. The largest absolute Gasteiger partial charge is 0.481 e. The molecule has 0 radical (unpaired) electrons. The van der Waals surface area contributed by atoms with Crippen molar-refractivity contribution >= 4 is 22.7 Å². The van der Waals surface area contributed by atoms with Crippen LogP contribution in [0.1, 0.15) is 23.2 Å². The van der Waals surface area contributed by atoms with E-state index in [1.807, 2.05) is 0 Å². The Kier molecular flexibility index (Phi) is 3.14. The van der Waals surface area contributed by atoms with E-state index in [1.54, 1.807) is 23.9 Å². The van der Waals surface area contributed by atoms with Crippen molar-refractivity contribution < 1.29 is 19.1 Å². The molecule has 2 rings (SSSR count). The van der Waals surface area contributed by atoms with Crippen LogP contribution in [0.3, 0.4) is 0 Å². The number of hydrogen-bond donors (Lipinski definition) is 1. The van der Waals surface area contributed by atoms with Crippen molar-refractivity contribution in [1.82, 2.24) is 4.57 Å². The molecule has 1 aromatic carbocycles. The number of aromatic nitrogens is 1. The first-order valence-electron chi connectivity index (χ1n) is 5.48. The Bertz CT molecular complexity index is 630. The van der Waals surface area contributed by atoms with Gasteiger partial charge in [-0.1, -0.05) is 0 Å². The molecule has 0 bridgehead atoms. The highest BCUT2D eigenvalue weighted by molar-refractivity contribution is 6.08. The fraction of sp³-hybridized carbons (Fsp3) is 0.231. The predicted octanol–water partition coefficient (Wildman–Crippen LogP) is 2.36. The Morgan fingerprint density at radius 2 is 2.06 bits per heavy atom. The Balaban J connectivity index is 2.39. The minimum Gasteiger partial charge on any atom is -0.481 e. The van der Waals surface area contributed by atoms with Gasteiger partial charge in [-0.3, -0.25) is 9.59 Å². The fourth-order valence-corrected chi connectivity index (χ4v) is 1.93. The quantitative estimate of drug-likeness (QED) is 0.846. The van der Waals surface area contributed by atoms with E-state index in [9.17, 15) is 14.0 Å². The summed E-state index contributed by atoms with van der Waals surface area (Å²) >= 11 is 0. The van der Waals surface area contributed by atoms with E-state index < -0.39 is 5.97 Å². The van der Waals surface area contributed by atoms with E-state index in [2.05, 4.69) is 0 Å². The molecule has 0 unspecified atom stereocenters.